The summed E-state index contributed by atoms with van der Waals surface area (Å²) < 4.78 is 45.0. The number of hydrogen-bond donors (Lipinski definition) is 1. The smallest absolute Gasteiger partial charge is 0.194 e. The maximum atomic E-state index is 13.7. The van der Waals surface area contributed by atoms with Crippen LogP contribution in [0.2, 0.25) is 0 Å². The van der Waals surface area contributed by atoms with E-state index in [2.05, 4.69) is 5.32 Å². The van der Waals surface area contributed by atoms with Crippen LogP contribution in [0.25, 0.3) is 0 Å². The lowest BCUT2D eigenvalue weighted by molar-refractivity contribution is 0.0814. The molecule has 1 aromatic rings. The van der Waals surface area contributed by atoms with Crippen LogP contribution in [-0.4, -0.2) is 19.8 Å². The van der Waals surface area contributed by atoms with E-state index in [0.717, 1.165) is 12.5 Å². The molecule has 5 heteroatoms. The minimum atomic E-state index is -1.45. The maximum Gasteiger partial charge on any atom is 0.194 e. The molecule has 1 rings (SSSR count). The zero-order valence-corrected chi connectivity index (χ0v) is 10.8. The molecule has 1 N–H and O–H groups in total. The first-order valence-corrected chi connectivity index (χ1v) is 5.92. The van der Waals surface area contributed by atoms with Gasteiger partial charge in [0.25, 0.3) is 0 Å². The van der Waals surface area contributed by atoms with Crippen LogP contribution in [0.4, 0.5) is 13.2 Å². The molecule has 0 saturated carbocycles. The molecule has 0 aliphatic carbocycles. The number of methoxy groups -OCH3 is 1. The van der Waals surface area contributed by atoms with Crippen LogP contribution in [0.3, 0.4) is 0 Å². The average Bonchev–Trinajstić information content (AvgIpc) is 2.38. The van der Waals surface area contributed by atoms with Gasteiger partial charge >= 0.3 is 0 Å². The van der Waals surface area contributed by atoms with Gasteiger partial charge in [-0.05, 0) is 26.0 Å². The van der Waals surface area contributed by atoms with Gasteiger partial charge in [-0.1, -0.05) is 13.0 Å². The van der Waals surface area contributed by atoms with E-state index in [-0.39, 0.29) is 11.7 Å². The maximum absolute atomic E-state index is 13.7. The second kappa shape index (κ2) is 6.75. The molecule has 18 heavy (non-hydrogen) atoms. The van der Waals surface area contributed by atoms with Crippen molar-refractivity contribution in [1.29, 1.82) is 0 Å². The highest BCUT2D eigenvalue weighted by atomic mass is 19.2. The van der Waals surface area contributed by atoms with Gasteiger partial charge in [-0.3, -0.25) is 0 Å². The van der Waals surface area contributed by atoms with Crippen molar-refractivity contribution in [2.45, 2.75) is 32.4 Å². The minimum absolute atomic E-state index is 0.0803. The zero-order chi connectivity index (χ0) is 13.7. The van der Waals surface area contributed by atoms with Gasteiger partial charge in [0, 0.05) is 12.7 Å². The predicted octanol–water partition coefficient (Wildman–Crippen LogP) is 3.18. The second-order valence-corrected chi connectivity index (χ2v) is 4.14. The van der Waals surface area contributed by atoms with Gasteiger partial charge in [-0.2, -0.15) is 0 Å². The monoisotopic (exact) mass is 261 g/mol. The first-order chi connectivity index (χ1) is 8.52. The van der Waals surface area contributed by atoms with Gasteiger partial charge in [-0.15, -0.1) is 0 Å². The van der Waals surface area contributed by atoms with E-state index in [9.17, 15) is 13.2 Å². The largest absolute Gasteiger partial charge is 0.380 e. The van der Waals surface area contributed by atoms with Crippen molar-refractivity contribution >= 4 is 0 Å². The van der Waals surface area contributed by atoms with E-state index < -0.39 is 23.5 Å². The summed E-state index contributed by atoms with van der Waals surface area (Å²) >= 11 is 0. The average molecular weight is 261 g/mol. The van der Waals surface area contributed by atoms with Gasteiger partial charge in [0.1, 0.15) is 0 Å². The fraction of sp³-hybridized carbons (Fsp3) is 0.538. The number of benzene rings is 1. The molecule has 0 saturated heterocycles. The van der Waals surface area contributed by atoms with Crippen LogP contribution in [0.1, 0.15) is 31.9 Å². The number of rotatable bonds is 6. The molecule has 0 radical (unpaired) electrons. The molecule has 2 atom stereocenters. The van der Waals surface area contributed by atoms with E-state index in [1.165, 1.54) is 13.2 Å². The van der Waals surface area contributed by atoms with Crippen LogP contribution >= 0.6 is 0 Å². The Balaban J connectivity index is 3.08. The van der Waals surface area contributed by atoms with Crippen molar-refractivity contribution in [3.8, 4) is 0 Å². The SMILES string of the molecule is CCCNC(c1ccc(F)c(F)c1F)C(C)OC. The Morgan fingerprint density at radius 1 is 1.22 bits per heavy atom. The van der Waals surface area contributed by atoms with Gasteiger partial charge in [0.2, 0.25) is 0 Å². The Morgan fingerprint density at radius 2 is 1.89 bits per heavy atom. The van der Waals surface area contributed by atoms with Crippen molar-refractivity contribution in [2.24, 2.45) is 0 Å². The van der Waals surface area contributed by atoms with Crippen LogP contribution in [0.5, 0.6) is 0 Å². The highest BCUT2D eigenvalue weighted by Crippen LogP contribution is 2.25. The van der Waals surface area contributed by atoms with Crippen molar-refractivity contribution in [1.82, 2.24) is 5.32 Å². The Kier molecular flexibility index (Phi) is 5.62. The summed E-state index contributed by atoms with van der Waals surface area (Å²) in [5.74, 6) is -3.79. The van der Waals surface area contributed by atoms with E-state index in [0.29, 0.717) is 6.54 Å². The third kappa shape index (κ3) is 3.23. The molecule has 0 fully saturated rings. The predicted molar refractivity (Wildman–Crippen MR) is 63.8 cm³/mol. The molecule has 2 unspecified atom stereocenters. The molecule has 2 nitrogen and oxygen atoms in total. The number of ether oxygens (including phenoxy) is 1. The van der Waals surface area contributed by atoms with Crippen LogP contribution in [0.15, 0.2) is 12.1 Å². The molecule has 0 spiro atoms. The lowest BCUT2D eigenvalue weighted by Crippen LogP contribution is -2.33. The third-order valence-corrected chi connectivity index (χ3v) is 2.86. The summed E-state index contributed by atoms with van der Waals surface area (Å²) in [6.07, 6.45) is 0.494. The molecule has 0 aromatic heterocycles. The van der Waals surface area contributed by atoms with Crippen LogP contribution < -0.4 is 5.32 Å². The quantitative estimate of drug-likeness (QED) is 0.794. The summed E-state index contributed by atoms with van der Waals surface area (Å²) in [4.78, 5) is 0. The summed E-state index contributed by atoms with van der Waals surface area (Å²) in [6.45, 7) is 4.34. The molecule has 0 aliphatic heterocycles. The number of nitrogens with one attached hydrogen (secondary N) is 1. The second-order valence-electron chi connectivity index (χ2n) is 4.14. The molecule has 102 valence electrons. The first-order valence-electron chi connectivity index (χ1n) is 5.92. The van der Waals surface area contributed by atoms with Gasteiger partial charge in [0.05, 0.1) is 12.1 Å². The fourth-order valence-corrected chi connectivity index (χ4v) is 1.75. The fourth-order valence-electron chi connectivity index (χ4n) is 1.75. The molecule has 1 aromatic carbocycles. The van der Waals surface area contributed by atoms with Crippen LogP contribution in [-0.2, 0) is 4.74 Å². The molecule has 0 bridgehead atoms. The summed E-state index contributed by atoms with van der Waals surface area (Å²) in [5.41, 5.74) is 0.0803. The number of halogens is 3. The summed E-state index contributed by atoms with van der Waals surface area (Å²) in [7, 11) is 1.49. The topological polar surface area (TPSA) is 21.3 Å². The van der Waals surface area contributed by atoms with Gasteiger partial charge in [0.15, 0.2) is 17.5 Å². The highest BCUT2D eigenvalue weighted by molar-refractivity contribution is 5.24. The Bertz CT molecular complexity index is 398. The van der Waals surface area contributed by atoms with Gasteiger partial charge in [-0.25, -0.2) is 13.2 Å². The Labute approximate surface area is 105 Å². The third-order valence-electron chi connectivity index (χ3n) is 2.86. The normalized spacial score (nSPS) is 14.6. The highest BCUT2D eigenvalue weighted by Gasteiger charge is 2.24. The molecule has 0 aliphatic rings. The van der Waals surface area contributed by atoms with E-state index in [1.54, 1.807) is 6.92 Å². The van der Waals surface area contributed by atoms with E-state index in [4.69, 9.17) is 4.74 Å². The zero-order valence-electron chi connectivity index (χ0n) is 10.8. The Hall–Kier alpha value is -1.07. The van der Waals surface area contributed by atoms with E-state index >= 15 is 0 Å². The summed E-state index contributed by atoms with van der Waals surface area (Å²) in [6, 6.07) is 1.66. The van der Waals surface area contributed by atoms with E-state index in [1.807, 2.05) is 6.92 Å². The molecular weight excluding hydrogens is 243 g/mol. The number of hydrogen-bond acceptors (Lipinski definition) is 2. The van der Waals surface area contributed by atoms with Crippen molar-refractivity contribution in [3.63, 3.8) is 0 Å². The van der Waals surface area contributed by atoms with Gasteiger partial charge < -0.3 is 10.1 Å². The lowest BCUT2D eigenvalue weighted by atomic mass is 10.0. The molecular formula is C13H18F3NO. The Morgan fingerprint density at radius 3 is 2.44 bits per heavy atom. The summed E-state index contributed by atoms with van der Waals surface area (Å²) in [5, 5.41) is 3.07. The molecule has 0 amide bonds. The lowest BCUT2D eigenvalue weighted by Gasteiger charge is -2.25. The standard InChI is InChI=1S/C13H18F3NO/c1-4-7-17-13(8(2)18-3)9-5-6-10(14)12(16)11(9)15/h5-6,8,13,17H,4,7H2,1-3H3. The molecule has 0 heterocycles. The minimum Gasteiger partial charge on any atom is -0.380 e. The van der Waals surface area contributed by atoms with Crippen molar-refractivity contribution in [3.05, 3.63) is 35.1 Å². The van der Waals surface area contributed by atoms with Crippen molar-refractivity contribution in [2.75, 3.05) is 13.7 Å². The van der Waals surface area contributed by atoms with Crippen molar-refractivity contribution < 1.29 is 17.9 Å². The van der Waals surface area contributed by atoms with Crippen LogP contribution in [0, 0.1) is 17.5 Å². The first kappa shape index (κ1) is 15.0.